The number of rotatable bonds is 4. The van der Waals surface area contributed by atoms with Crippen LogP contribution in [0.1, 0.15) is 39.2 Å². The van der Waals surface area contributed by atoms with E-state index in [1.165, 1.54) is 33.6 Å². The molecule has 0 aliphatic carbocycles. The highest BCUT2D eigenvalue weighted by molar-refractivity contribution is 7.12. The molecule has 0 radical (unpaired) electrons. The lowest BCUT2D eigenvalue weighted by atomic mass is 9.98. The maximum absolute atomic E-state index is 12.8. The molecule has 2 aliphatic heterocycles. The van der Waals surface area contributed by atoms with Gasteiger partial charge in [-0.05, 0) is 78.2 Å². The van der Waals surface area contributed by atoms with Crippen LogP contribution in [-0.4, -0.2) is 49.3 Å². The zero-order chi connectivity index (χ0) is 24.7. The molecular formula is C24H26F3N3O3S. The van der Waals surface area contributed by atoms with E-state index in [1.807, 2.05) is 12.1 Å². The third-order valence-electron chi connectivity index (χ3n) is 5.48. The predicted molar refractivity (Wildman–Crippen MR) is 128 cm³/mol. The minimum Gasteiger partial charge on any atom is -0.475 e. The molecule has 4 rings (SSSR count). The summed E-state index contributed by atoms with van der Waals surface area (Å²) in [6.45, 7) is 5.92. The first-order valence-corrected chi connectivity index (χ1v) is 11.6. The van der Waals surface area contributed by atoms with Gasteiger partial charge in [-0.15, -0.1) is 11.3 Å². The molecule has 0 atom stereocenters. The smallest absolute Gasteiger partial charge is 0.475 e. The van der Waals surface area contributed by atoms with Crippen LogP contribution in [0.5, 0.6) is 0 Å². The SMILES string of the molecule is Cc1c(C2=CCNCC2)csc1C(=O)Nc1ccc(C2=CCNCC2)cc1.O=C(O)C(F)(F)F. The van der Waals surface area contributed by atoms with E-state index in [2.05, 4.69) is 52.5 Å². The van der Waals surface area contributed by atoms with Crippen molar-refractivity contribution in [2.75, 3.05) is 31.5 Å². The molecule has 10 heteroatoms. The van der Waals surface area contributed by atoms with E-state index in [1.54, 1.807) is 0 Å². The summed E-state index contributed by atoms with van der Waals surface area (Å²) in [4.78, 5) is 22.5. The van der Waals surface area contributed by atoms with Crippen LogP contribution in [-0.2, 0) is 4.79 Å². The molecule has 34 heavy (non-hydrogen) atoms. The number of carbonyl (C=O) groups is 2. The van der Waals surface area contributed by atoms with Gasteiger partial charge in [0.25, 0.3) is 5.91 Å². The number of carboxylic acids is 1. The third kappa shape index (κ3) is 6.78. The van der Waals surface area contributed by atoms with E-state index in [0.29, 0.717) is 0 Å². The molecular weight excluding hydrogens is 467 g/mol. The van der Waals surface area contributed by atoms with Crippen molar-refractivity contribution in [2.45, 2.75) is 25.9 Å². The summed E-state index contributed by atoms with van der Waals surface area (Å²) in [7, 11) is 0. The summed E-state index contributed by atoms with van der Waals surface area (Å²) in [5.41, 5.74) is 7.11. The van der Waals surface area contributed by atoms with Crippen LogP contribution in [0.25, 0.3) is 11.1 Å². The number of benzene rings is 1. The van der Waals surface area contributed by atoms with Crippen molar-refractivity contribution in [3.8, 4) is 0 Å². The molecule has 6 nitrogen and oxygen atoms in total. The molecule has 2 aromatic rings. The zero-order valence-electron chi connectivity index (χ0n) is 18.6. The maximum Gasteiger partial charge on any atom is 0.490 e. The highest BCUT2D eigenvalue weighted by Crippen LogP contribution is 2.31. The minimum absolute atomic E-state index is 0.0212. The molecule has 4 N–H and O–H groups in total. The highest BCUT2D eigenvalue weighted by atomic mass is 32.1. The van der Waals surface area contributed by atoms with E-state index in [-0.39, 0.29) is 5.91 Å². The van der Waals surface area contributed by atoms with Gasteiger partial charge in [0.05, 0.1) is 4.88 Å². The summed E-state index contributed by atoms with van der Waals surface area (Å²) < 4.78 is 31.7. The second-order valence-corrected chi connectivity index (χ2v) is 8.68. The summed E-state index contributed by atoms with van der Waals surface area (Å²) in [5.74, 6) is -2.78. The summed E-state index contributed by atoms with van der Waals surface area (Å²) in [6, 6.07) is 8.18. The Morgan fingerprint density at radius 2 is 1.56 bits per heavy atom. The van der Waals surface area contributed by atoms with Gasteiger partial charge in [-0.2, -0.15) is 13.2 Å². The Morgan fingerprint density at radius 3 is 2.06 bits per heavy atom. The standard InChI is InChI=1S/C22H25N3OS.C2HF3O2/c1-15-20(18-8-12-24-13-9-18)14-27-21(15)22(26)25-19-4-2-16(3-5-19)17-6-10-23-11-7-17;3-2(4,5)1(6)7/h2-6,8,14,23-24H,7,9-13H2,1H3,(H,25,26);(H,6,7). The van der Waals surface area contributed by atoms with Crippen LogP contribution in [0.15, 0.2) is 41.8 Å². The Labute approximate surface area is 199 Å². The predicted octanol–water partition coefficient (Wildman–Crippen LogP) is 4.70. The van der Waals surface area contributed by atoms with Gasteiger partial charge < -0.3 is 21.1 Å². The number of aliphatic carboxylic acids is 1. The first-order valence-electron chi connectivity index (χ1n) is 10.8. The Morgan fingerprint density at radius 1 is 1.00 bits per heavy atom. The fourth-order valence-corrected chi connectivity index (χ4v) is 4.67. The van der Waals surface area contributed by atoms with Gasteiger partial charge in [-0.3, -0.25) is 4.79 Å². The molecule has 1 aromatic carbocycles. The number of hydrogen-bond donors (Lipinski definition) is 4. The van der Waals surface area contributed by atoms with Gasteiger partial charge in [0.1, 0.15) is 0 Å². The fourth-order valence-electron chi connectivity index (χ4n) is 3.66. The molecule has 0 saturated carbocycles. The van der Waals surface area contributed by atoms with Crippen molar-refractivity contribution in [3.05, 3.63) is 63.4 Å². The number of hydrogen-bond acceptors (Lipinski definition) is 5. The van der Waals surface area contributed by atoms with Crippen molar-refractivity contribution in [3.63, 3.8) is 0 Å². The number of thiophene rings is 1. The first-order chi connectivity index (χ1) is 16.2. The zero-order valence-corrected chi connectivity index (χ0v) is 19.4. The second-order valence-electron chi connectivity index (χ2n) is 7.80. The largest absolute Gasteiger partial charge is 0.490 e. The Balaban J connectivity index is 0.000000406. The lowest BCUT2D eigenvalue weighted by molar-refractivity contribution is -0.192. The average molecular weight is 494 g/mol. The number of amides is 1. The average Bonchev–Trinajstić information content (AvgIpc) is 3.22. The molecule has 1 aromatic heterocycles. The third-order valence-corrected chi connectivity index (χ3v) is 6.56. The molecule has 3 heterocycles. The molecule has 0 fully saturated rings. The maximum atomic E-state index is 12.8. The molecule has 0 bridgehead atoms. The van der Waals surface area contributed by atoms with Crippen molar-refractivity contribution in [1.29, 1.82) is 0 Å². The Kier molecular flexibility index (Phi) is 8.65. The van der Waals surface area contributed by atoms with Gasteiger partial charge in [-0.25, -0.2) is 4.79 Å². The van der Waals surface area contributed by atoms with Gasteiger partial charge in [0.2, 0.25) is 0 Å². The summed E-state index contributed by atoms with van der Waals surface area (Å²) >= 11 is 1.53. The van der Waals surface area contributed by atoms with Crippen molar-refractivity contribution in [2.24, 2.45) is 0 Å². The fraction of sp³-hybridized carbons (Fsp3) is 0.333. The van der Waals surface area contributed by atoms with E-state index >= 15 is 0 Å². The Hall–Kier alpha value is -2.95. The van der Waals surface area contributed by atoms with Gasteiger partial charge >= 0.3 is 12.1 Å². The number of carboxylic acid groups (broad SMARTS) is 1. The monoisotopic (exact) mass is 493 g/mol. The Bertz CT molecular complexity index is 1090. The van der Waals surface area contributed by atoms with Crippen LogP contribution in [0, 0.1) is 6.92 Å². The summed E-state index contributed by atoms with van der Waals surface area (Å²) in [5, 5.41) is 19.0. The lowest BCUT2D eigenvalue weighted by Crippen LogP contribution is -2.21. The van der Waals surface area contributed by atoms with E-state index in [0.717, 1.165) is 55.1 Å². The first kappa shape index (κ1) is 25.7. The van der Waals surface area contributed by atoms with Crippen molar-refractivity contribution in [1.82, 2.24) is 10.6 Å². The lowest BCUT2D eigenvalue weighted by Gasteiger charge is -2.15. The van der Waals surface area contributed by atoms with E-state index in [9.17, 15) is 18.0 Å². The summed E-state index contributed by atoms with van der Waals surface area (Å²) in [6.07, 6.45) is 1.46. The number of anilines is 1. The molecule has 1 amide bonds. The van der Waals surface area contributed by atoms with Gasteiger partial charge in [-0.1, -0.05) is 24.3 Å². The van der Waals surface area contributed by atoms with E-state index in [4.69, 9.17) is 9.90 Å². The number of halogens is 3. The van der Waals surface area contributed by atoms with Crippen LogP contribution < -0.4 is 16.0 Å². The topological polar surface area (TPSA) is 90.5 Å². The number of carbonyl (C=O) groups excluding carboxylic acids is 1. The van der Waals surface area contributed by atoms with Gasteiger partial charge in [0.15, 0.2) is 0 Å². The van der Waals surface area contributed by atoms with Gasteiger partial charge in [0, 0.05) is 18.8 Å². The minimum atomic E-state index is -5.08. The molecule has 0 spiro atoms. The molecule has 182 valence electrons. The normalized spacial score (nSPS) is 16.0. The number of nitrogens with one attached hydrogen (secondary N) is 3. The molecule has 2 aliphatic rings. The molecule has 0 unspecified atom stereocenters. The van der Waals surface area contributed by atoms with Crippen LogP contribution in [0.2, 0.25) is 0 Å². The van der Waals surface area contributed by atoms with Crippen LogP contribution in [0.4, 0.5) is 18.9 Å². The second kappa shape index (κ2) is 11.5. The van der Waals surface area contributed by atoms with Crippen LogP contribution >= 0.6 is 11.3 Å². The van der Waals surface area contributed by atoms with Crippen LogP contribution in [0.3, 0.4) is 0 Å². The molecule has 0 saturated heterocycles. The van der Waals surface area contributed by atoms with Crippen molar-refractivity contribution < 1.29 is 27.9 Å². The quantitative estimate of drug-likeness (QED) is 0.496. The van der Waals surface area contributed by atoms with E-state index < -0.39 is 12.1 Å². The number of alkyl halides is 3. The highest BCUT2D eigenvalue weighted by Gasteiger charge is 2.38. The van der Waals surface area contributed by atoms with Crippen molar-refractivity contribution >= 4 is 40.0 Å².